The predicted molar refractivity (Wildman–Crippen MR) is 90.0 cm³/mol. The minimum Gasteiger partial charge on any atom is -0.505 e. The molecule has 24 heavy (non-hydrogen) atoms. The van der Waals surface area contributed by atoms with Crippen LogP contribution in [-0.4, -0.2) is 25.3 Å². The number of hydrogen-bond donors (Lipinski definition) is 1. The van der Waals surface area contributed by atoms with Gasteiger partial charge in [0.2, 0.25) is 5.78 Å². The van der Waals surface area contributed by atoms with E-state index in [4.69, 9.17) is 0 Å². The van der Waals surface area contributed by atoms with Crippen LogP contribution in [0.15, 0.2) is 73.2 Å². The van der Waals surface area contributed by atoms with Crippen molar-refractivity contribution in [2.45, 2.75) is 0 Å². The first-order chi connectivity index (χ1) is 11.8. The van der Waals surface area contributed by atoms with Gasteiger partial charge in [-0.05, 0) is 36.4 Å². The molecule has 4 aromatic rings. The summed E-state index contributed by atoms with van der Waals surface area (Å²) < 4.78 is 1.77. The zero-order valence-corrected chi connectivity index (χ0v) is 12.6. The lowest BCUT2D eigenvalue weighted by Crippen LogP contribution is -2.05. The van der Waals surface area contributed by atoms with Gasteiger partial charge in [0.05, 0.1) is 22.5 Å². The van der Waals surface area contributed by atoms with Gasteiger partial charge in [0.25, 0.3) is 0 Å². The molecule has 4 heterocycles. The molecule has 4 aromatic heterocycles. The van der Waals surface area contributed by atoms with Gasteiger partial charge in [-0.25, -0.2) is 0 Å². The molecule has 0 aliphatic heterocycles. The Bertz CT molecular complexity index is 1020. The highest BCUT2D eigenvalue weighted by Crippen LogP contribution is 2.36. The third-order valence-electron chi connectivity index (χ3n) is 3.85. The molecule has 0 fully saturated rings. The van der Waals surface area contributed by atoms with Crippen LogP contribution < -0.4 is 0 Å². The van der Waals surface area contributed by atoms with Crippen molar-refractivity contribution in [3.63, 3.8) is 0 Å². The van der Waals surface area contributed by atoms with Gasteiger partial charge in [0.15, 0.2) is 5.75 Å². The Labute approximate surface area is 137 Å². The van der Waals surface area contributed by atoms with Gasteiger partial charge in [-0.2, -0.15) is 0 Å². The van der Waals surface area contributed by atoms with Crippen LogP contribution in [-0.2, 0) is 0 Å². The number of carbonyl (C=O) groups is 1. The second-order valence-electron chi connectivity index (χ2n) is 5.29. The number of hydrogen-bond acceptors (Lipinski definition) is 4. The van der Waals surface area contributed by atoms with Crippen LogP contribution >= 0.6 is 0 Å². The lowest BCUT2D eigenvalue weighted by Gasteiger charge is -2.05. The zero-order valence-electron chi connectivity index (χ0n) is 12.6. The number of fused-ring (bicyclic) bond motifs is 1. The van der Waals surface area contributed by atoms with Crippen molar-refractivity contribution in [1.29, 1.82) is 0 Å². The van der Waals surface area contributed by atoms with Crippen molar-refractivity contribution in [3.05, 3.63) is 84.4 Å². The molecule has 0 aliphatic rings. The molecule has 0 saturated heterocycles. The van der Waals surface area contributed by atoms with E-state index in [1.54, 1.807) is 53.3 Å². The lowest BCUT2D eigenvalue weighted by molar-refractivity contribution is 0.103. The maximum Gasteiger partial charge on any atom is 0.217 e. The predicted octanol–water partition coefficient (Wildman–Crippen LogP) is 3.33. The van der Waals surface area contributed by atoms with Crippen molar-refractivity contribution in [3.8, 4) is 17.1 Å². The Balaban J connectivity index is 2.05. The second kappa shape index (κ2) is 5.62. The lowest BCUT2D eigenvalue weighted by atomic mass is 10.0. The molecule has 0 bridgehead atoms. The van der Waals surface area contributed by atoms with Crippen molar-refractivity contribution >= 4 is 11.3 Å². The molecule has 116 valence electrons. The van der Waals surface area contributed by atoms with E-state index < -0.39 is 0 Å². The third kappa shape index (κ3) is 2.14. The van der Waals surface area contributed by atoms with Gasteiger partial charge in [0.1, 0.15) is 5.69 Å². The molecule has 4 rings (SSSR count). The molecule has 5 nitrogen and oxygen atoms in total. The molecular weight excluding hydrogens is 302 g/mol. The average Bonchev–Trinajstić information content (AvgIpc) is 2.95. The first-order valence-electron chi connectivity index (χ1n) is 7.46. The van der Waals surface area contributed by atoms with Crippen molar-refractivity contribution in [1.82, 2.24) is 14.4 Å². The van der Waals surface area contributed by atoms with E-state index >= 15 is 0 Å². The Morgan fingerprint density at radius 3 is 2.38 bits per heavy atom. The molecule has 0 atom stereocenters. The fourth-order valence-electron chi connectivity index (χ4n) is 2.79. The molecular formula is C19H13N3O2. The van der Waals surface area contributed by atoms with Crippen molar-refractivity contribution < 1.29 is 9.90 Å². The van der Waals surface area contributed by atoms with Gasteiger partial charge >= 0.3 is 0 Å². The summed E-state index contributed by atoms with van der Waals surface area (Å²) in [6.45, 7) is 0. The molecule has 0 aromatic carbocycles. The summed E-state index contributed by atoms with van der Waals surface area (Å²) in [5, 5.41) is 10.7. The second-order valence-corrected chi connectivity index (χ2v) is 5.29. The summed E-state index contributed by atoms with van der Waals surface area (Å²) in [7, 11) is 0. The zero-order chi connectivity index (χ0) is 16.5. The molecule has 0 aliphatic carbocycles. The Hall–Kier alpha value is -3.47. The third-order valence-corrected chi connectivity index (χ3v) is 3.85. The van der Waals surface area contributed by atoms with Crippen LogP contribution in [0.5, 0.6) is 5.75 Å². The number of nitrogens with zero attached hydrogens (tertiary/aromatic N) is 3. The van der Waals surface area contributed by atoms with Crippen LogP contribution in [0, 0.1) is 0 Å². The van der Waals surface area contributed by atoms with Crippen molar-refractivity contribution in [2.24, 2.45) is 0 Å². The van der Waals surface area contributed by atoms with Gasteiger partial charge in [-0.15, -0.1) is 0 Å². The Morgan fingerprint density at radius 2 is 1.67 bits per heavy atom. The fraction of sp³-hybridized carbons (Fsp3) is 0. The van der Waals surface area contributed by atoms with E-state index in [0.29, 0.717) is 16.9 Å². The first-order valence-corrected chi connectivity index (χ1v) is 7.46. The minimum absolute atomic E-state index is 0.0630. The van der Waals surface area contributed by atoms with E-state index in [0.717, 1.165) is 0 Å². The minimum atomic E-state index is -0.336. The monoisotopic (exact) mass is 315 g/mol. The maximum atomic E-state index is 13.0. The summed E-state index contributed by atoms with van der Waals surface area (Å²) in [4.78, 5) is 21.4. The summed E-state index contributed by atoms with van der Waals surface area (Å²) in [5.74, 6) is -0.399. The fourth-order valence-corrected chi connectivity index (χ4v) is 2.79. The summed E-state index contributed by atoms with van der Waals surface area (Å²) in [6, 6.07) is 16.0. The molecule has 1 N–H and O–H groups in total. The average molecular weight is 315 g/mol. The topological polar surface area (TPSA) is 67.5 Å². The molecule has 0 amide bonds. The Kier molecular flexibility index (Phi) is 3.31. The normalized spacial score (nSPS) is 10.8. The highest BCUT2D eigenvalue weighted by atomic mass is 16.3. The van der Waals surface area contributed by atoms with E-state index in [2.05, 4.69) is 9.97 Å². The molecule has 0 saturated carbocycles. The molecule has 0 unspecified atom stereocenters. The van der Waals surface area contributed by atoms with Gasteiger partial charge in [-0.1, -0.05) is 18.2 Å². The van der Waals surface area contributed by atoms with Crippen LogP contribution in [0.4, 0.5) is 0 Å². The van der Waals surface area contributed by atoms with E-state index in [1.807, 2.05) is 24.3 Å². The quantitative estimate of drug-likeness (QED) is 0.589. The summed E-state index contributed by atoms with van der Waals surface area (Å²) in [6.07, 6.45) is 5.01. The smallest absolute Gasteiger partial charge is 0.217 e. The number of rotatable bonds is 3. The Morgan fingerprint density at radius 1 is 0.917 bits per heavy atom. The van der Waals surface area contributed by atoms with Crippen molar-refractivity contribution in [2.75, 3.05) is 0 Å². The summed E-state index contributed by atoms with van der Waals surface area (Å²) in [5.41, 5.74) is 2.20. The van der Waals surface area contributed by atoms with E-state index in [9.17, 15) is 9.90 Å². The number of carbonyl (C=O) groups excluding carboxylic acids is 1. The summed E-state index contributed by atoms with van der Waals surface area (Å²) >= 11 is 0. The number of aromatic nitrogens is 3. The SMILES string of the molecule is O=C(c1ccccn1)c1c(O)c2ccccn2c1-c1ccccn1. The van der Waals surface area contributed by atoms with Gasteiger partial charge < -0.3 is 9.51 Å². The van der Waals surface area contributed by atoms with Crippen LogP contribution in [0.25, 0.3) is 16.9 Å². The van der Waals surface area contributed by atoms with Crippen LogP contribution in [0.2, 0.25) is 0 Å². The van der Waals surface area contributed by atoms with E-state index in [-0.39, 0.29) is 22.8 Å². The van der Waals surface area contributed by atoms with E-state index in [1.165, 1.54) is 0 Å². The number of aromatic hydroxyl groups is 1. The molecule has 0 radical (unpaired) electrons. The van der Waals surface area contributed by atoms with Crippen LogP contribution in [0.3, 0.4) is 0 Å². The standard InChI is InChI=1S/C19H13N3O2/c23-18(14-8-2-5-11-21-14)16-17(13-7-1-4-10-20-13)22-12-6-3-9-15(22)19(16)24/h1-12,24H. The maximum absolute atomic E-state index is 13.0. The number of pyridine rings is 3. The largest absolute Gasteiger partial charge is 0.505 e. The molecule has 0 spiro atoms. The van der Waals surface area contributed by atoms with Crippen LogP contribution in [0.1, 0.15) is 16.1 Å². The van der Waals surface area contributed by atoms with Gasteiger partial charge in [-0.3, -0.25) is 14.8 Å². The highest BCUT2D eigenvalue weighted by molar-refractivity contribution is 6.15. The van der Waals surface area contributed by atoms with Gasteiger partial charge in [0, 0.05) is 18.6 Å². The highest BCUT2D eigenvalue weighted by Gasteiger charge is 2.26. The first kappa shape index (κ1) is 14.1. The number of ketones is 1. The molecule has 5 heteroatoms.